The van der Waals surface area contributed by atoms with E-state index in [0.717, 1.165) is 0 Å². The molecule has 0 spiro atoms. The lowest BCUT2D eigenvalue weighted by Crippen LogP contribution is -1.94. The zero-order valence-electron chi connectivity index (χ0n) is 6.53. The molecule has 1 aromatic carbocycles. The molecule has 0 aromatic heterocycles. The molecule has 0 bridgehead atoms. The molecule has 0 radical (unpaired) electrons. The van der Waals surface area contributed by atoms with Crippen LogP contribution in [0.5, 0.6) is 0 Å². The number of nitriles is 1. The molecular formula is C8H5ClN2O2. The minimum atomic E-state index is -0.543. The molecule has 0 heterocycles. The van der Waals surface area contributed by atoms with Crippen molar-refractivity contribution in [2.45, 2.75) is 6.42 Å². The van der Waals surface area contributed by atoms with Crippen molar-refractivity contribution in [2.75, 3.05) is 0 Å². The predicted octanol–water partition coefficient (Wildman–Crippen LogP) is 2.31. The van der Waals surface area contributed by atoms with Crippen molar-refractivity contribution in [1.29, 1.82) is 5.26 Å². The summed E-state index contributed by atoms with van der Waals surface area (Å²) >= 11 is 5.57. The number of benzene rings is 1. The fourth-order valence-electron chi connectivity index (χ4n) is 0.942. The number of rotatable bonds is 2. The lowest BCUT2D eigenvalue weighted by atomic mass is 10.1. The topological polar surface area (TPSA) is 66.9 Å². The van der Waals surface area contributed by atoms with Crippen LogP contribution in [-0.2, 0) is 6.42 Å². The molecule has 4 nitrogen and oxygen atoms in total. The van der Waals surface area contributed by atoms with Gasteiger partial charge >= 0.3 is 0 Å². The second-order valence-corrected chi connectivity index (χ2v) is 2.80. The maximum absolute atomic E-state index is 10.5. The molecule has 0 unspecified atom stereocenters. The molecule has 0 saturated heterocycles. The molecule has 0 atom stereocenters. The van der Waals surface area contributed by atoms with E-state index in [0.29, 0.717) is 10.6 Å². The lowest BCUT2D eigenvalue weighted by molar-refractivity contribution is -0.385. The van der Waals surface area contributed by atoms with Crippen LogP contribution in [0.2, 0.25) is 5.02 Å². The summed E-state index contributed by atoms with van der Waals surface area (Å²) in [5, 5.41) is 19.2. The Balaban J connectivity index is 3.20. The van der Waals surface area contributed by atoms with E-state index in [4.69, 9.17) is 16.9 Å². The smallest absolute Gasteiger partial charge is 0.258 e. The second-order valence-electron chi connectivity index (χ2n) is 2.37. The molecular weight excluding hydrogens is 192 g/mol. The third-order valence-corrected chi connectivity index (χ3v) is 1.75. The summed E-state index contributed by atoms with van der Waals surface area (Å²) in [4.78, 5) is 9.94. The van der Waals surface area contributed by atoms with Gasteiger partial charge in [-0.15, -0.1) is 0 Å². The van der Waals surface area contributed by atoms with E-state index in [9.17, 15) is 10.1 Å². The molecule has 0 aliphatic carbocycles. The fraction of sp³-hybridized carbons (Fsp3) is 0.125. The van der Waals surface area contributed by atoms with E-state index in [1.165, 1.54) is 18.2 Å². The van der Waals surface area contributed by atoms with Gasteiger partial charge in [0.2, 0.25) is 0 Å². The van der Waals surface area contributed by atoms with Crippen LogP contribution in [0.3, 0.4) is 0 Å². The Hall–Kier alpha value is -1.60. The highest BCUT2D eigenvalue weighted by Gasteiger charge is 2.13. The van der Waals surface area contributed by atoms with Gasteiger partial charge in [-0.05, 0) is 12.1 Å². The highest BCUT2D eigenvalue weighted by molar-refractivity contribution is 6.30. The molecule has 1 aromatic rings. The van der Waals surface area contributed by atoms with Crippen molar-refractivity contribution < 1.29 is 4.92 Å². The minimum absolute atomic E-state index is 0.0213. The summed E-state index contributed by atoms with van der Waals surface area (Å²) in [5.74, 6) is 0. The Morgan fingerprint density at radius 2 is 2.31 bits per heavy atom. The van der Waals surface area contributed by atoms with Gasteiger partial charge in [0, 0.05) is 16.7 Å². The number of hydrogen-bond donors (Lipinski definition) is 0. The fourth-order valence-corrected chi connectivity index (χ4v) is 1.11. The summed E-state index contributed by atoms with van der Waals surface area (Å²) in [6.07, 6.45) is 0.0213. The zero-order valence-corrected chi connectivity index (χ0v) is 7.28. The Kier molecular flexibility index (Phi) is 2.83. The van der Waals surface area contributed by atoms with Crippen molar-refractivity contribution >= 4 is 17.3 Å². The van der Waals surface area contributed by atoms with E-state index in [1.54, 1.807) is 0 Å². The molecule has 0 aliphatic heterocycles. The van der Waals surface area contributed by atoms with Gasteiger partial charge in [0.25, 0.3) is 5.69 Å². The Bertz CT molecular complexity index is 384. The highest BCUT2D eigenvalue weighted by atomic mass is 35.5. The van der Waals surface area contributed by atoms with E-state index in [-0.39, 0.29) is 12.1 Å². The minimum Gasteiger partial charge on any atom is -0.258 e. The van der Waals surface area contributed by atoms with Crippen molar-refractivity contribution in [3.63, 3.8) is 0 Å². The van der Waals surface area contributed by atoms with Crippen molar-refractivity contribution in [2.24, 2.45) is 0 Å². The van der Waals surface area contributed by atoms with Crippen LogP contribution in [-0.4, -0.2) is 4.92 Å². The van der Waals surface area contributed by atoms with Crippen molar-refractivity contribution in [1.82, 2.24) is 0 Å². The Morgan fingerprint density at radius 3 is 2.85 bits per heavy atom. The monoisotopic (exact) mass is 196 g/mol. The van der Waals surface area contributed by atoms with Gasteiger partial charge in [0.05, 0.1) is 17.4 Å². The van der Waals surface area contributed by atoms with Crippen LogP contribution >= 0.6 is 11.6 Å². The van der Waals surface area contributed by atoms with E-state index >= 15 is 0 Å². The third-order valence-electron chi connectivity index (χ3n) is 1.51. The summed E-state index contributed by atoms with van der Waals surface area (Å²) in [6.45, 7) is 0. The molecule has 66 valence electrons. The van der Waals surface area contributed by atoms with Crippen molar-refractivity contribution in [3.05, 3.63) is 38.9 Å². The first-order valence-electron chi connectivity index (χ1n) is 3.45. The Labute approximate surface area is 79.5 Å². The van der Waals surface area contributed by atoms with Gasteiger partial charge in [-0.1, -0.05) is 11.6 Å². The number of hydrogen-bond acceptors (Lipinski definition) is 3. The molecule has 0 N–H and O–H groups in total. The van der Waals surface area contributed by atoms with E-state index in [1.807, 2.05) is 6.07 Å². The van der Waals surface area contributed by atoms with Crippen LogP contribution in [0, 0.1) is 21.4 Å². The number of nitro benzene ring substituents is 1. The van der Waals surface area contributed by atoms with Crippen LogP contribution < -0.4 is 0 Å². The first-order chi connectivity index (χ1) is 6.15. The molecule has 1 rings (SSSR count). The average Bonchev–Trinajstić information content (AvgIpc) is 2.08. The van der Waals surface area contributed by atoms with Crippen LogP contribution in [0.4, 0.5) is 5.69 Å². The van der Waals surface area contributed by atoms with Gasteiger partial charge in [0.1, 0.15) is 0 Å². The summed E-state index contributed by atoms with van der Waals surface area (Å²) in [6, 6.07) is 6.11. The van der Waals surface area contributed by atoms with Gasteiger partial charge in [-0.25, -0.2) is 0 Å². The highest BCUT2D eigenvalue weighted by Crippen LogP contribution is 2.23. The van der Waals surface area contributed by atoms with Crippen LogP contribution in [0.15, 0.2) is 18.2 Å². The van der Waals surface area contributed by atoms with Crippen molar-refractivity contribution in [3.8, 4) is 6.07 Å². The normalized spacial score (nSPS) is 9.23. The molecule has 13 heavy (non-hydrogen) atoms. The van der Waals surface area contributed by atoms with Gasteiger partial charge < -0.3 is 0 Å². The molecule has 0 saturated carbocycles. The van der Waals surface area contributed by atoms with Gasteiger partial charge in [-0.3, -0.25) is 10.1 Å². The predicted molar refractivity (Wildman–Crippen MR) is 47.4 cm³/mol. The first kappa shape index (κ1) is 9.49. The largest absolute Gasteiger partial charge is 0.275 e. The third kappa shape index (κ3) is 2.17. The average molecular weight is 197 g/mol. The quantitative estimate of drug-likeness (QED) is 0.539. The second kappa shape index (κ2) is 3.87. The standard InChI is InChI=1S/C8H5ClN2O2/c9-7-2-1-6(3-4-10)8(5-7)11(12)13/h1-2,5H,3H2. The molecule has 0 aliphatic rings. The molecule has 5 heteroatoms. The number of nitrogens with zero attached hydrogens (tertiary/aromatic N) is 2. The number of halogens is 1. The number of nitro groups is 1. The first-order valence-corrected chi connectivity index (χ1v) is 3.82. The maximum atomic E-state index is 10.5. The summed E-state index contributed by atoms with van der Waals surface area (Å²) < 4.78 is 0. The van der Waals surface area contributed by atoms with E-state index < -0.39 is 4.92 Å². The zero-order chi connectivity index (χ0) is 9.84. The van der Waals surface area contributed by atoms with Gasteiger partial charge in [0.15, 0.2) is 0 Å². The van der Waals surface area contributed by atoms with Gasteiger partial charge in [-0.2, -0.15) is 5.26 Å². The van der Waals surface area contributed by atoms with E-state index in [2.05, 4.69) is 0 Å². The molecule has 0 fully saturated rings. The maximum Gasteiger partial charge on any atom is 0.275 e. The SMILES string of the molecule is N#CCc1ccc(Cl)cc1[N+](=O)[O-]. The summed E-state index contributed by atoms with van der Waals surface area (Å²) in [5.41, 5.74) is 0.283. The van der Waals surface area contributed by atoms with Crippen LogP contribution in [0.1, 0.15) is 5.56 Å². The Morgan fingerprint density at radius 1 is 1.62 bits per heavy atom. The lowest BCUT2D eigenvalue weighted by Gasteiger charge is -1.97. The summed E-state index contributed by atoms with van der Waals surface area (Å²) in [7, 11) is 0. The molecule has 0 amide bonds. The van der Waals surface area contributed by atoms with Crippen LogP contribution in [0.25, 0.3) is 0 Å².